The number of anilines is 3. The molecule has 4 aromatic rings. The summed E-state index contributed by atoms with van der Waals surface area (Å²) in [5.41, 5.74) is 4.98. The SMILES string of the molecule is C[C@@H]1CN(c2ccc(Nc3nccc(-c4c(-c5cccc([N+](=O)[O-])c5)nc5n4CCS5)n3)cc2)C[C@H](C)O1. The van der Waals surface area contributed by atoms with E-state index in [2.05, 4.69) is 45.7 Å². The number of imidazole rings is 1. The van der Waals surface area contributed by atoms with Gasteiger partial charge in [-0.1, -0.05) is 23.9 Å². The summed E-state index contributed by atoms with van der Waals surface area (Å²) < 4.78 is 7.98. The average Bonchev–Trinajstić information content (AvgIpc) is 3.50. The molecular formula is C27H27N7O3S. The molecular weight excluding hydrogens is 502 g/mol. The highest BCUT2D eigenvalue weighted by molar-refractivity contribution is 7.99. The molecule has 0 amide bonds. The Kier molecular flexibility index (Phi) is 6.46. The summed E-state index contributed by atoms with van der Waals surface area (Å²) in [4.78, 5) is 27.4. The van der Waals surface area contributed by atoms with Crippen LogP contribution in [0.15, 0.2) is 66.0 Å². The molecule has 38 heavy (non-hydrogen) atoms. The van der Waals surface area contributed by atoms with Crippen molar-refractivity contribution in [3.63, 3.8) is 0 Å². The molecule has 1 fully saturated rings. The summed E-state index contributed by atoms with van der Waals surface area (Å²) in [6.45, 7) is 6.72. The van der Waals surface area contributed by atoms with Crippen LogP contribution in [-0.2, 0) is 11.3 Å². The van der Waals surface area contributed by atoms with Gasteiger partial charge in [0, 0.05) is 60.7 Å². The van der Waals surface area contributed by atoms with Crippen molar-refractivity contribution in [2.24, 2.45) is 0 Å². The number of aromatic nitrogens is 4. The molecule has 10 nitrogen and oxygen atoms in total. The third-order valence-electron chi connectivity index (χ3n) is 6.62. The molecule has 0 bridgehead atoms. The van der Waals surface area contributed by atoms with E-state index < -0.39 is 0 Å². The fraction of sp³-hybridized carbons (Fsp3) is 0.296. The molecule has 2 aromatic heterocycles. The van der Waals surface area contributed by atoms with Crippen molar-refractivity contribution >= 4 is 34.8 Å². The number of hydrogen-bond acceptors (Lipinski definition) is 9. The van der Waals surface area contributed by atoms with E-state index in [-0.39, 0.29) is 22.8 Å². The summed E-state index contributed by atoms with van der Waals surface area (Å²) >= 11 is 1.67. The van der Waals surface area contributed by atoms with Crippen LogP contribution in [-0.4, -0.2) is 55.5 Å². The van der Waals surface area contributed by atoms with Crippen molar-refractivity contribution in [1.82, 2.24) is 19.5 Å². The second kappa shape index (κ2) is 10.1. The van der Waals surface area contributed by atoms with Crippen molar-refractivity contribution in [2.45, 2.75) is 37.8 Å². The van der Waals surface area contributed by atoms with Gasteiger partial charge in [0.15, 0.2) is 5.16 Å². The lowest BCUT2D eigenvalue weighted by molar-refractivity contribution is -0.384. The summed E-state index contributed by atoms with van der Waals surface area (Å²) in [6, 6.07) is 16.7. The third-order valence-corrected chi connectivity index (χ3v) is 7.57. The number of benzene rings is 2. The molecule has 0 radical (unpaired) electrons. The standard InChI is InChI=1S/C27H27N7O3S/c1-17-15-32(16-18(2)37-17)21-8-6-20(7-9-21)29-26-28-11-10-23(30-26)25-24(31-27-33(25)12-13-38-27)19-4-3-5-22(14-19)34(35)36/h3-11,14,17-18H,12-13,15-16H2,1-2H3,(H,28,29,30)/t17-,18+. The first kappa shape index (κ1) is 24.4. The van der Waals surface area contributed by atoms with Crippen LogP contribution in [0.2, 0.25) is 0 Å². The zero-order valence-electron chi connectivity index (χ0n) is 21.1. The van der Waals surface area contributed by atoms with E-state index in [1.165, 1.54) is 6.07 Å². The van der Waals surface area contributed by atoms with Crippen molar-refractivity contribution in [2.75, 3.05) is 29.1 Å². The van der Waals surface area contributed by atoms with Gasteiger partial charge in [-0.15, -0.1) is 0 Å². The van der Waals surface area contributed by atoms with Gasteiger partial charge in [0.1, 0.15) is 0 Å². The monoisotopic (exact) mass is 529 g/mol. The predicted molar refractivity (Wildman–Crippen MR) is 148 cm³/mol. The molecule has 6 rings (SSSR count). The van der Waals surface area contributed by atoms with Gasteiger partial charge in [0.05, 0.1) is 34.2 Å². The molecule has 4 heterocycles. The van der Waals surface area contributed by atoms with E-state index in [9.17, 15) is 10.1 Å². The highest BCUT2D eigenvalue weighted by Crippen LogP contribution is 2.39. The summed E-state index contributed by atoms with van der Waals surface area (Å²) in [7, 11) is 0. The summed E-state index contributed by atoms with van der Waals surface area (Å²) in [5.74, 6) is 1.39. The highest BCUT2D eigenvalue weighted by Gasteiger charge is 2.26. The third kappa shape index (κ3) is 4.82. The molecule has 1 N–H and O–H groups in total. The maximum atomic E-state index is 11.4. The largest absolute Gasteiger partial charge is 0.372 e. The van der Waals surface area contributed by atoms with Gasteiger partial charge < -0.3 is 19.5 Å². The molecule has 0 saturated carbocycles. The van der Waals surface area contributed by atoms with Crippen LogP contribution in [0, 0.1) is 10.1 Å². The predicted octanol–water partition coefficient (Wildman–Crippen LogP) is 5.38. The van der Waals surface area contributed by atoms with Gasteiger partial charge in [-0.2, -0.15) is 0 Å². The second-order valence-electron chi connectivity index (χ2n) is 9.50. The van der Waals surface area contributed by atoms with E-state index in [0.717, 1.165) is 47.6 Å². The number of thioether (sulfide) groups is 1. The lowest BCUT2D eigenvalue weighted by Crippen LogP contribution is -2.45. The molecule has 0 spiro atoms. The number of nitrogens with one attached hydrogen (secondary N) is 1. The van der Waals surface area contributed by atoms with Gasteiger partial charge in [-0.25, -0.2) is 15.0 Å². The first-order valence-electron chi connectivity index (χ1n) is 12.5. The smallest absolute Gasteiger partial charge is 0.270 e. The number of nitro groups is 1. The zero-order chi connectivity index (χ0) is 26.2. The molecule has 11 heteroatoms. The van der Waals surface area contributed by atoms with Crippen LogP contribution < -0.4 is 10.2 Å². The number of non-ortho nitro benzene ring substituents is 1. The number of nitro benzene ring substituents is 1. The van der Waals surface area contributed by atoms with Crippen LogP contribution in [0.25, 0.3) is 22.6 Å². The maximum absolute atomic E-state index is 11.4. The Morgan fingerprint density at radius 2 is 1.87 bits per heavy atom. The minimum Gasteiger partial charge on any atom is -0.372 e. The van der Waals surface area contributed by atoms with E-state index in [1.807, 2.05) is 24.3 Å². The Hall–Kier alpha value is -3.96. The zero-order valence-corrected chi connectivity index (χ0v) is 21.9. The molecule has 0 unspecified atom stereocenters. The molecule has 1 saturated heterocycles. The lowest BCUT2D eigenvalue weighted by Gasteiger charge is -2.36. The number of rotatable bonds is 6. The number of ether oxygens (including phenoxy) is 1. The van der Waals surface area contributed by atoms with Crippen molar-refractivity contribution in [3.8, 4) is 22.6 Å². The lowest BCUT2D eigenvalue weighted by atomic mass is 10.1. The molecule has 2 atom stereocenters. The second-order valence-corrected chi connectivity index (χ2v) is 10.6. The number of nitrogens with zero attached hydrogens (tertiary/aromatic N) is 6. The number of fused-ring (bicyclic) bond motifs is 1. The Labute approximate surface area is 224 Å². The van der Waals surface area contributed by atoms with Gasteiger partial charge in [-0.05, 0) is 44.2 Å². The van der Waals surface area contributed by atoms with Gasteiger partial charge in [-0.3, -0.25) is 10.1 Å². The highest BCUT2D eigenvalue weighted by atomic mass is 32.2. The van der Waals surface area contributed by atoms with Crippen molar-refractivity contribution < 1.29 is 9.66 Å². The molecule has 194 valence electrons. The topological polar surface area (TPSA) is 111 Å². The van der Waals surface area contributed by atoms with Crippen LogP contribution in [0.1, 0.15) is 13.8 Å². The molecule has 2 aliphatic rings. The van der Waals surface area contributed by atoms with Crippen molar-refractivity contribution in [3.05, 3.63) is 70.9 Å². The Morgan fingerprint density at radius 1 is 1.08 bits per heavy atom. The Morgan fingerprint density at radius 3 is 2.63 bits per heavy atom. The van der Waals surface area contributed by atoms with E-state index in [0.29, 0.717) is 22.9 Å². The number of morpholine rings is 1. The van der Waals surface area contributed by atoms with E-state index in [4.69, 9.17) is 14.7 Å². The quantitative estimate of drug-likeness (QED) is 0.260. The van der Waals surface area contributed by atoms with Gasteiger partial charge in [0.25, 0.3) is 5.69 Å². The number of hydrogen-bond donors (Lipinski definition) is 1. The van der Waals surface area contributed by atoms with Crippen LogP contribution >= 0.6 is 11.8 Å². The summed E-state index contributed by atoms with van der Waals surface area (Å²) in [6.07, 6.45) is 2.11. The minimum absolute atomic E-state index is 0.0312. The Balaban J connectivity index is 1.28. The van der Waals surface area contributed by atoms with Crippen molar-refractivity contribution in [1.29, 1.82) is 0 Å². The van der Waals surface area contributed by atoms with E-state index >= 15 is 0 Å². The van der Waals surface area contributed by atoms with Crippen LogP contribution in [0.3, 0.4) is 0 Å². The van der Waals surface area contributed by atoms with Gasteiger partial charge in [0.2, 0.25) is 5.95 Å². The van der Waals surface area contributed by atoms with Crippen LogP contribution in [0.5, 0.6) is 0 Å². The van der Waals surface area contributed by atoms with Crippen LogP contribution in [0.4, 0.5) is 23.0 Å². The first-order valence-corrected chi connectivity index (χ1v) is 13.5. The summed E-state index contributed by atoms with van der Waals surface area (Å²) in [5, 5.41) is 15.6. The minimum atomic E-state index is -0.389. The molecule has 0 aliphatic carbocycles. The molecule has 2 aromatic carbocycles. The normalized spacial score (nSPS) is 18.8. The molecule has 2 aliphatic heterocycles. The van der Waals surface area contributed by atoms with Gasteiger partial charge >= 0.3 is 0 Å². The first-order chi connectivity index (χ1) is 18.4. The fourth-order valence-electron chi connectivity index (χ4n) is 5.03. The maximum Gasteiger partial charge on any atom is 0.270 e. The van der Waals surface area contributed by atoms with E-state index in [1.54, 1.807) is 30.1 Å². The Bertz CT molecular complexity index is 1480. The average molecular weight is 530 g/mol. The fourth-order valence-corrected chi connectivity index (χ4v) is 5.98.